The van der Waals surface area contributed by atoms with Crippen LogP contribution in [0.15, 0.2) is 18.2 Å². The van der Waals surface area contributed by atoms with Crippen molar-refractivity contribution in [1.82, 2.24) is 0 Å². The molecular formula is C13H21ClN2O3. The molecule has 3 N–H and O–H groups in total. The van der Waals surface area contributed by atoms with Gasteiger partial charge in [-0.05, 0) is 5.92 Å². The second-order valence-electron chi connectivity index (χ2n) is 4.36. The molecule has 0 fully saturated rings. The van der Waals surface area contributed by atoms with E-state index in [1.54, 1.807) is 32.4 Å². The first-order chi connectivity index (χ1) is 8.47. The number of rotatable bonds is 5. The number of carbonyl (C=O) groups excluding carboxylic acids is 1. The van der Waals surface area contributed by atoms with Crippen LogP contribution in [0.3, 0.4) is 0 Å². The fourth-order valence-electron chi connectivity index (χ4n) is 1.41. The van der Waals surface area contributed by atoms with Crippen LogP contribution in [0.25, 0.3) is 0 Å². The summed E-state index contributed by atoms with van der Waals surface area (Å²) in [7, 11) is 3.11. The van der Waals surface area contributed by atoms with Crippen molar-refractivity contribution in [2.45, 2.75) is 19.9 Å². The predicted octanol–water partition coefficient (Wildman–Crippen LogP) is 2.05. The van der Waals surface area contributed by atoms with Crippen molar-refractivity contribution in [2.24, 2.45) is 11.7 Å². The Hall–Kier alpha value is -1.46. The van der Waals surface area contributed by atoms with E-state index in [2.05, 4.69) is 5.32 Å². The molecule has 0 spiro atoms. The highest BCUT2D eigenvalue weighted by Gasteiger charge is 2.17. The number of nitrogens with two attached hydrogens (primary N) is 1. The van der Waals surface area contributed by atoms with Crippen LogP contribution in [0, 0.1) is 5.92 Å². The van der Waals surface area contributed by atoms with Crippen molar-refractivity contribution in [3.8, 4) is 11.5 Å². The van der Waals surface area contributed by atoms with Gasteiger partial charge in [0, 0.05) is 23.9 Å². The van der Waals surface area contributed by atoms with Crippen LogP contribution in [-0.2, 0) is 4.79 Å². The number of carbonyl (C=O) groups is 1. The molecule has 0 heterocycles. The Labute approximate surface area is 119 Å². The van der Waals surface area contributed by atoms with E-state index >= 15 is 0 Å². The fourth-order valence-corrected chi connectivity index (χ4v) is 1.41. The molecule has 19 heavy (non-hydrogen) atoms. The van der Waals surface area contributed by atoms with Crippen molar-refractivity contribution < 1.29 is 14.3 Å². The summed E-state index contributed by atoms with van der Waals surface area (Å²) < 4.78 is 10.2. The largest absolute Gasteiger partial charge is 0.497 e. The zero-order valence-electron chi connectivity index (χ0n) is 11.6. The maximum Gasteiger partial charge on any atom is 0.241 e. The lowest BCUT2D eigenvalue weighted by molar-refractivity contribution is -0.118. The van der Waals surface area contributed by atoms with Gasteiger partial charge in [0.25, 0.3) is 0 Å². The van der Waals surface area contributed by atoms with E-state index in [1.807, 2.05) is 13.8 Å². The Bertz CT molecular complexity index is 402. The smallest absolute Gasteiger partial charge is 0.241 e. The lowest BCUT2D eigenvalue weighted by Crippen LogP contribution is -2.39. The summed E-state index contributed by atoms with van der Waals surface area (Å²) in [6, 6.07) is 4.63. The average Bonchev–Trinajstić information content (AvgIpc) is 2.36. The van der Waals surface area contributed by atoms with E-state index in [1.165, 1.54) is 0 Å². The molecule has 0 aliphatic rings. The van der Waals surface area contributed by atoms with E-state index in [0.29, 0.717) is 17.2 Å². The summed E-state index contributed by atoms with van der Waals surface area (Å²) in [5.74, 6) is 1.09. The monoisotopic (exact) mass is 288 g/mol. The lowest BCUT2D eigenvalue weighted by atomic mass is 10.0. The maximum absolute atomic E-state index is 11.8. The molecule has 1 aromatic rings. The Morgan fingerprint density at radius 1 is 1.16 bits per heavy atom. The third-order valence-corrected chi connectivity index (χ3v) is 2.64. The Balaban J connectivity index is 0.00000324. The molecule has 1 rings (SSSR count). The number of amides is 1. The fraction of sp³-hybridized carbons (Fsp3) is 0.462. The maximum atomic E-state index is 11.8. The van der Waals surface area contributed by atoms with Crippen molar-refractivity contribution >= 4 is 24.0 Å². The molecule has 0 unspecified atom stereocenters. The summed E-state index contributed by atoms with van der Waals surface area (Å²) in [6.45, 7) is 3.80. The molecular weight excluding hydrogens is 268 g/mol. The third-order valence-electron chi connectivity index (χ3n) is 2.64. The van der Waals surface area contributed by atoms with Gasteiger partial charge in [-0.1, -0.05) is 13.8 Å². The van der Waals surface area contributed by atoms with Crippen molar-refractivity contribution in [1.29, 1.82) is 0 Å². The second-order valence-corrected chi connectivity index (χ2v) is 4.36. The van der Waals surface area contributed by atoms with Crippen LogP contribution < -0.4 is 20.5 Å². The van der Waals surface area contributed by atoms with E-state index in [9.17, 15) is 4.79 Å². The average molecular weight is 289 g/mol. The molecule has 1 amide bonds. The molecule has 1 atom stereocenters. The van der Waals surface area contributed by atoms with E-state index in [0.717, 1.165) is 0 Å². The molecule has 0 bridgehead atoms. The number of hydrogen-bond donors (Lipinski definition) is 2. The van der Waals surface area contributed by atoms with Crippen LogP contribution in [0.1, 0.15) is 13.8 Å². The van der Waals surface area contributed by atoms with Gasteiger partial charge in [-0.15, -0.1) is 12.4 Å². The normalized spacial score (nSPS) is 11.5. The van der Waals surface area contributed by atoms with E-state index in [4.69, 9.17) is 15.2 Å². The molecule has 5 nitrogen and oxygen atoms in total. The van der Waals surface area contributed by atoms with E-state index in [-0.39, 0.29) is 24.2 Å². The van der Waals surface area contributed by atoms with Gasteiger partial charge < -0.3 is 20.5 Å². The summed E-state index contributed by atoms with van der Waals surface area (Å²) >= 11 is 0. The van der Waals surface area contributed by atoms with Crippen LogP contribution in [0.5, 0.6) is 11.5 Å². The molecule has 0 saturated heterocycles. The van der Waals surface area contributed by atoms with Gasteiger partial charge in [0.15, 0.2) is 0 Å². The van der Waals surface area contributed by atoms with Crippen LogP contribution in [0.2, 0.25) is 0 Å². The number of anilines is 1. The summed E-state index contributed by atoms with van der Waals surface area (Å²) in [6.07, 6.45) is 0. The Morgan fingerprint density at radius 2 is 1.63 bits per heavy atom. The molecule has 0 aromatic heterocycles. The quantitative estimate of drug-likeness (QED) is 0.870. The van der Waals surface area contributed by atoms with Gasteiger partial charge in [-0.2, -0.15) is 0 Å². The first kappa shape index (κ1) is 17.5. The molecule has 6 heteroatoms. The highest BCUT2D eigenvalue weighted by molar-refractivity contribution is 5.95. The molecule has 0 aliphatic heterocycles. The predicted molar refractivity (Wildman–Crippen MR) is 78.2 cm³/mol. The molecule has 0 saturated carbocycles. The molecule has 108 valence electrons. The molecule has 0 aliphatic carbocycles. The standard InChI is InChI=1S/C13H20N2O3.ClH/c1-8(2)12(14)13(16)15-9-5-10(17-3)7-11(6-9)18-4;/h5-8,12H,14H2,1-4H3,(H,15,16);1H/t12-;/m1./s1. The highest BCUT2D eigenvalue weighted by atomic mass is 35.5. The zero-order valence-corrected chi connectivity index (χ0v) is 12.4. The van der Waals surface area contributed by atoms with Gasteiger partial charge in [0.2, 0.25) is 5.91 Å². The van der Waals surface area contributed by atoms with Crippen molar-refractivity contribution in [3.63, 3.8) is 0 Å². The molecule has 0 radical (unpaired) electrons. The minimum Gasteiger partial charge on any atom is -0.497 e. The zero-order chi connectivity index (χ0) is 13.7. The van der Waals surface area contributed by atoms with Crippen molar-refractivity contribution in [3.05, 3.63) is 18.2 Å². The van der Waals surface area contributed by atoms with Gasteiger partial charge in [-0.3, -0.25) is 4.79 Å². The number of halogens is 1. The third kappa shape index (κ3) is 4.96. The summed E-state index contributed by atoms with van der Waals surface area (Å²) in [5, 5.41) is 2.75. The number of hydrogen-bond acceptors (Lipinski definition) is 4. The van der Waals surface area contributed by atoms with Gasteiger partial charge in [-0.25, -0.2) is 0 Å². The first-order valence-electron chi connectivity index (χ1n) is 5.77. The Kier molecular flexibility index (Phi) is 7.26. The van der Waals surface area contributed by atoms with Crippen LogP contribution in [-0.4, -0.2) is 26.2 Å². The Morgan fingerprint density at radius 3 is 2.00 bits per heavy atom. The minimum absolute atomic E-state index is 0. The van der Waals surface area contributed by atoms with Gasteiger partial charge in [0.05, 0.1) is 20.3 Å². The lowest BCUT2D eigenvalue weighted by Gasteiger charge is -2.16. The SMILES string of the molecule is COc1cc(NC(=O)[C@H](N)C(C)C)cc(OC)c1.Cl. The van der Waals surface area contributed by atoms with E-state index < -0.39 is 6.04 Å². The highest BCUT2D eigenvalue weighted by Crippen LogP contribution is 2.25. The number of nitrogens with one attached hydrogen (secondary N) is 1. The van der Waals surface area contributed by atoms with Gasteiger partial charge in [0.1, 0.15) is 11.5 Å². The second kappa shape index (κ2) is 7.86. The van der Waals surface area contributed by atoms with Crippen molar-refractivity contribution in [2.75, 3.05) is 19.5 Å². The minimum atomic E-state index is -0.540. The number of ether oxygens (including phenoxy) is 2. The number of benzene rings is 1. The van der Waals surface area contributed by atoms with Crippen LogP contribution in [0.4, 0.5) is 5.69 Å². The summed E-state index contributed by atoms with van der Waals surface area (Å²) in [5.41, 5.74) is 6.38. The number of methoxy groups -OCH3 is 2. The topological polar surface area (TPSA) is 73.6 Å². The van der Waals surface area contributed by atoms with Crippen LogP contribution >= 0.6 is 12.4 Å². The summed E-state index contributed by atoms with van der Waals surface area (Å²) in [4.78, 5) is 11.8. The molecule has 1 aromatic carbocycles. The first-order valence-corrected chi connectivity index (χ1v) is 5.77. The van der Waals surface area contributed by atoms with Gasteiger partial charge >= 0.3 is 0 Å².